The zero-order chi connectivity index (χ0) is 16.2. The van der Waals surface area contributed by atoms with E-state index in [0.29, 0.717) is 25.0 Å². The molecule has 2 heterocycles. The predicted molar refractivity (Wildman–Crippen MR) is 89.0 cm³/mol. The summed E-state index contributed by atoms with van der Waals surface area (Å²) in [6.07, 6.45) is 6.55. The first-order valence-corrected chi connectivity index (χ1v) is 8.40. The number of nitrogens with zero attached hydrogens (tertiary/aromatic N) is 2. The van der Waals surface area contributed by atoms with Crippen molar-refractivity contribution >= 4 is 11.6 Å². The Bertz CT molecular complexity index is 521. The molecule has 1 aromatic heterocycles. The van der Waals surface area contributed by atoms with Gasteiger partial charge in [-0.15, -0.1) is 0 Å². The molecule has 1 aliphatic carbocycles. The number of ether oxygens (including phenoxy) is 1. The van der Waals surface area contributed by atoms with E-state index in [1.165, 1.54) is 12.8 Å². The fourth-order valence-corrected chi connectivity index (χ4v) is 3.22. The second-order valence-electron chi connectivity index (χ2n) is 6.50. The van der Waals surface area contributed by atoms with E-state index in [1.807, 2.05) is 17.0 Å². The van der Waals surface area contributed by atoms with Crippen LogP contribution in [0.3, 0.4) is 0 Å². The van der Waals surface area contributed by atoms with Crippen molar-refractivity contribution in [3.8, 4) is 0 Å². The van der Waals surface area contributed by atoms with Gasteiger partial charge in [-0.3, -0.25) is 15.1 Å². The number of anilines is 1. The van der Waals surface area contributed by atoms with E-state index >= 15 is 0 Å². The molecule has 0 bridgehead atoms. The molecule has 2 aliphatic rings. The lowest BCUT2D eigenvalue weighted by Crippen LogP contribution is -2.65. The molecule has 3 atom stereocenters. The number of nitrogens with one attached hydrogen (secondary N) is 2. The molecule has 2 fully saturated rings. The summed E-state index contributed by atoms with van der Waals surface area (Å²) >= 11 is 0. The van der Waals surface area contributed by atoms with E-state index in [-0.39, 0.29) is 18.1 Å². The maximum atomic E-state index is 12.5. The highest BCUT2D eigenvalue weighted by Crippen LogP contribution is 2.35. The number of rotatable bonds is 6. The highest BCUT2D eigenvalue weighted by atomic mass is 16.5. The van der Waals surface area contributed by atoms with E-state index < -0.39 is 0 Å². The van der Waals surface area contributed by atoms with Crippen LogP contribution in [0.15, 0.2) is 24.5 Å². The minimum absolute atomic E-state index is 0.0447. The van der Waals surface area contributed by atoms with Crippen LogP contribution in [0, 0.1) is 5.92 Å². The average molecular weight is 318 g/mol. The van der Waals surface area contributed by atoms with Crippen molar-refractivity contribution in [2.24, 2.45) is 5.92 Å². The smallest absolute Gasteiger partial charge is 0.225 e. The van der Waals surface area contributed by atoms with E-state index in [1.54, 1.807) is 19.5 Å². The number of pyridine rings is 1. The third kappa shape index (κ3) is 4.00. The highest BCUT2D eigenvalue weighted by Gasteiger charge is 2.41. The summed E-state index contributed by atoms with van der Waals surface area (Å²) in [6.45, 7) is 3.37. The Morgan fingerprint density at radius 3 is 2.83 bits per heavy atom. The van der Waals surface area contributed by atoms with Gasteiger partial charge < -0.3 is 15.0 Å². The van der Waals surface area contributed by atoms with Gasteiger partial charge in [0.15, 0.2) is 0 Å². The lowest BCUT2D eigenvalue weighted by Gasteiger charge is -2.45. The maximum absolute atomic E-state index is 12.5. The zero-order valence-electron chi connectivity index (χ0n) is 13.9. The molecule has 6 heteroatoms. The fourth-order valence-electron chi connectivity index (χ4n) is 3.22. The Hall–Kier alpha value is -1.66. The fraction of sp³-hybridized carbons (Fsp3) is 0.647. The molecule has 0 spiro atoms. The van der Waals surface area contributed by atoms with Crippen molar-refractivity contribution in [2.45, 2.75) is 44.4 Å². The summed E-state index contributed by atoms with van der Waals surface area (Å²) in [4.78, 5) is 18.6. The predicted octanol–water partition coefficient (Wildman–Crippen LogP) is 1.45. The number of hydrogen-bond acceptors (Lipinski definition) is 5. The Kier molecular flexibility index (Phi) is 5.13. The number of amides is 1. The second kappa shape index (κ2) is 7.27. The van der Waals surface area contributed by atoms with Gasteiger partial charge in [-0.05, 0) is 37.8 Å². The lowest BCUT2D eigenvalue weighted by molar-refractivity contribution is -0.136. The van der Waals surface area contributed by atoms with E-state index in [9.17, 15) is 4.79 Å². The van der Waals surface area contributed by atoms with Crippen molar-refractivity contribution in [2.75, 3.05) is 25.6 Å². The van der Waals surface area contributed by atoms with Crippen molar-refractivity contribution in [1.82, 2.24) is 15.2 Å². The molecule has 1 aliphatic heterocycles. The number of carbonyl (C=O) groups excluding carboxylic acids is 1. The molecule has 2 N–H and O–H groups in total. The summed E-state index contributed by atoms with van der Waals surface area (Å²) in [5, 5.41) is 7.21. The quantitative estimate of drug-likeness (QED) is 0.831. The van der Waals surface area contributed by atoms with Gasteiger partial charge in [-0.25, -0.2) is 0 Å². The Labute approximate surface area is 137 Å². The van der Waals surface area contributed by atoms with Gasteiger partial charge >= 0.3 is 0 Å². The van der Waals surface area contributed by atoms with Crippen LogP contribution >= 0.6 is 0 Å². The standard InChI is InChI=1S/C17H26N4O2/c1-12-17(19-14-5-8-18-9-6-14)20-15(13-3-4-13)11-21(12)16(22)7-10-23-2/h5-6,8-9,12-13,15,17,20H,3-4,7,10-11H2,1-2H3,(H,18,19). The summed E-state index contributed by atoms with van der Waals surface area (Å²) in [5.41, 5.74) is 1.02. The first-order chi connectivity index (χ1) is 11.2. The molecule has 1 saturated carbocycles. The maximum Gasteiger partial charge on any atom is 0.225 e. The Morgan fingerprint density at radius 1 is 1.43 bits per heavy atom. The third-order valence-corrected chi connectivity index (χ3v) is 4.79. The van der Waals surface area contributed by atoms with Gasteiger partial charge in [0.2, 0.25) is 5.91 Å². The van der Waals surface area contributed by atoms with Gasteiger partial charge in [0, 0.05) is 37.8 Å². The Morgan fingerprint density at radius 2 is 2.17 bits per heavy atom. The van der Waals surface area contributed by atoms with Crippen LogP contribution in [0.2, 0.25) is 0 Å². The van der Waals surface area contributed by atoms with Gasteiger partial charge in [-0.2, -0.15) is 0 Å². The van der Waals surface area contributed by atoms with Crippen LogP contribution in [0.1, 0.15) is 26.2 Å². The number of methoxy groups -OCH3 is 1. The molecule has 0 radical (unpaired) electrons. The van der Waals surface area contributed by atoms with Gasteiger partial charge in [0.25, 0.3) is 0 Å². The first-order valence-electron chi connectivity index (χ1n) is 8.40. The van der Waals surface area contributed by atoms with Crippen LogP contribution < -0.4 is 10.6 Å². The summed E-state index contributed by atoms with van der Waals surface area (Å²) in [7, 11) is 1.63. The lowest BCUT2D eigenvalue weighted by atomic mass is 10.0. The molecular weight excluding hydrogens is 292 g/mol. The van der Waals surface area contributed by atoms with Crippen molar-refractivity contribution in [3.05, 3.63) is 24.5 Å². The van der Waals surface area contributed by atoms with E-state index in [0.717, 1.165) is 12.2 Å². The molecule has 1 aromatic rings. The molecule has 3 unspecified atom stereocenters. The van der Waals surface area contributed by atoms with E-state index in [2.05, 4.69) is 22.5 Å². The second-order valence-corrected chi connectivity index (χ2v) is 6.50. The zero-order valence-corrected chi connectivity index (χ0v) is 13.9. The van der Waals surface area contributed by atoms with Crippen LogP contribution in [0.4, 0.5) is 5.69 Å². The van der Waals surface area contributed by atoms with Crippen molar-refractivity contribution < 1.29 is 9.53 Å². The van der Waals surface area contributed by atoms with Crippen LogP contribution in [0.5, 0.6) is 0 Å². The number of aromatic nitrogens is 1. The Balaban J connectivity index is 1.70. The molecular formula is C17H26N4O2. The summed E-state index contributed by atoms with van der Waals surface area (Å²) < 4.78 is 5.06. The highest BCUT2D eigenvalue weighted by molar-refractivity contribution is 5.77. The SMILES string of the molecule is COCCC(=O)N1CC(C2CC2)NC(Nc2ccncc2)C1C. The molecule has 0 aromatic carbocycles. The topological polar surface area (TPSA) is 66.5 Å². The van der Waals surface area contributed by atoms with Gasteiger partial charge in [0.1, 0.15) is 0 Å². The van der Waals surface area contributed by atoms with Crippen LogP contribution in [-0.2, 0) is 9.53 Å². The molecule has 1 amide bonds. The number of piperazine rings is 1. The summed E-state index contributed by atoms with van der Waals surface area (Å²) in [6, 6.07) is 4.36. The molecule has 1 saturated heterocycles. The molecule has 23 heavy (non-hydrogen) atoms. The normalized spacial score (nSPS) is 27.7. The molecule has 126 valence electrons. The third-order valence-electron chi connectivity index (χ3n) is 4.79. The van der Waals surface area contributed by atoms with Gasteiger partial charge in [-0.1, -0.05) is 0 Å². The van der Waals surface area contributed by atoms with Crippen LogP contribution in [-0.4, -0.2) is 54.3 Å². The number of carbonyl (C=O) groups is 1. The first kappa shape index (κ1) is 16.2. The van der Waals surface area contributed by atoms with Gasteiger partial charge in [0.05, 0.1) is 25.2 Å². The largest absolute Gasteiger partial charge is 0.384 e. The van der Waals surface area contributed by atoms with E-state index in [4.69, 9.17) is 4.74 Å². The van der Waals surface area contributed by atoms with Crippen molar-refractivity contribution in [3.63, 3.8) is 0 Å². The number of hydrogen-bond donors (Lipinski definition) is 2. The monoisotopic (exact) mass is 318 g/mol. The summed E-state index contributed by atoms with van der Waals surface area (Å²) in [5.74, 6) is 0.870. The minimum atomic E-state index is 0.0447. The minimum Gasteiger partial charge on any atom is -0.384 e. The molecule has 3 rings (SSSR count). The van der Waals surface area contributed by atoms with Crippen LogP contribution in [0.25, 0.3) is 0 Å². The van der Waals surface area contributed by atoms with Crippen molar-refractivity contribution in [1.29, 1.82) is 0 Å². The average Bonchev–Trinajstić information content (AvgIpc) is 3.40. The molecule has 6 nitrogen and oxygen atoms in total.